The van der Waals surface area contributed by atoms with Crippen LogP contribution in [-0.4, -0.2) is 36.2 Å². The summed E-state index contributed by atoms with van der Waals surface area (Å²) in [5, 5.41) is 2.98. The molecule has 23 heavy (non-hydrogen) atoms. The Kier molecular flexibility index (Phi) is 5.93. The fraction of sp³-hybridized carbons (Fsp3) is 0.278. The third kappa shape index (κ3) is 4.93. The van der Waals surface area contributed by atoms with Crippen molar-refractivity contribution in [1.29, 1.82) is 0 Å². The molecule has 0 spiro atoms. The van der Waals surface area contributed by atoms with E-state index < -0.39 is 10.8 Å². The number of rotatable bonds is 6. The highest BCUT2D eigenvalue weighted by atomic mass is 32.2. The minimum Gasteiger partial charge on any atom is -0.378 e. The molecule has 0 aliphatic carbocycles. The molecule has 122 valence electrons. The maximum atomic E-state index is 12.5. The van der Waals surface area contributed by atoms with Crippen LogP contribution in [0.3, 0.4) is 0 Å². The first-order valence-electron chi connectivity index (χ1n) is 7.40. The third-order valence-electron chi connectivity index (χ3n) is 3.55. The van der Waals surface area contributed by atoms with E-state index in [-0.39, 0.29) is 11.9 Å². The Morgan fingerprint density at radius 1 is 1.09 bits per heavy atom. The van der Waals surface area contributed by atoms with E-state index in [4.69, 9.17) is 0 Å². The van der Waals surface area contributed by atoms with Crippen molar-refractivity contribution < 1.29 is 9.00 Å². The predicted molar refractivity (Wildman–Crippen MR) is 96.4 cm³/mol. The second-order valence-corrected chi connectivity index (χ2v) is 7.10. The molecule has 1 N–H and O–H groups in total. The van der Waals surface area contributed by atoms with E-state index in [2.05, 4.69) is 5.32 Å². The molecule has 0 saturated heterocycles. The van der Waals surface area contributed by atoms with Crippen LogP contribution < -0.4 is 10.2 Å². The summed E-state index contributed by atoms with van der Waals surface area (Å²) in [6.07, 6.45) is 1.65. The van der Waals surface area contributed by atoms with E-state index in [1.54, 1.807) is 18.4 Å². The largest absolute Gasteiger partial charge is 0.378 e. The van der Waals surface area contributed by atoms with Crippen LogP contribution in [0.15, 0.2) is 54.6 Å². The SMILES string of the molecule is CN(C)c1ccc(C(=O)N[C@@H](C[S@](C)=O)c2ccccc2)cc1. The zero-order valence-corrected chi connectivity index (χ0v) is 14.5. The van der Waals surface area contributed by atoms with Gasteiger partial charge >= 0.3 is 0 Å². The molecule has 0 aliphatic rings. The molecule has 2 atom stereocenters. The number of amides is 1. The van der Waals surface area contributed by atoms with Crippen LogP contribution in [0.1, 0.15) is 22.0 Å². The average molecular weight is 330 g/mol. The lowest BCUT2D eigenvalue weighted by Gasteiger charge is -2.19. The monoisotopic (exact) mass is 330 g/mol. The number of hydrogen-bond acceptors (Lipinski definition) is 3. The van der Waals surface area contributed by atoms with E-state index >= 15 is 0 Å². The van der Waals surface area contributed by atoms with Crippen molar-refractivity contribution in [3.63, 3.8) is 0 Å². The Labute approximate surface area is 140 Å². The molecular weight excluding hydrogens is 308 g/mol. The molecule has 0 unspecified atom stereocenters. The summed E-state index contributed by atoms with van der Waals surface area (Å²) >= 11 is 0. The van der Waals surface area contributed by atoms with Gasteiger partial charge in [0.2, 0.25) is 0 Å². The van der Waals surface area contributed by atoms with Crippen molar-refractivity contribution in [3.8, 4) is 0 Å². The van der Waals surface area contributed by atoms with E-state index in [9.17, 15) is 9.00 Å². The lowest BCUT2D eigenvalue weighted by Crippen LogP contribution is -2.31. The van der Waals surface area contributed by atoms with Crippen molar-refractivity contribution in [1.82, 2.24) is 5.32 Å². The van der Waals surface area contributed by atoms with Gasteiger partial charge in [-0.3, -0.25) is 9.00 Å². The topological polar surface area (TPSA) is 49.4 Å². The molecule has 5 heteroatoms. The van der Waals surface area contributed by atoms with Gasteiger partial charge in [0.25, 0.3) is 5.91 Å². The van der Waals surface area contributed by atoms with Gasteiger partial charge in [-0.05, 0) is 29.8 Å². The fourth-order valence-electron chi connectivity index (χ4n) is 2.29. The highest BCUT2D eigenvalue weighted by Crippen LogP contribution is 2.16. The highest BCUT2D eigenvalue weighted by Gasteiger charge is 2.17. The standard InChI is InChI=1S/C18H22N2O2S/c1-20(2)16-11-9-15(10-12-16)18(21)19-17(13-23(3)22)14-7-5-4-6-8-14/h4-12,17H,13H2,1-3H3,(H,19,21)/t17-,23-/m0/s1. The average Bonchev–Trinajstić information content (AvgIpc) is 2.54. The number of carbonyl (C=O) groups is 1. The van der Waals surface area contributed by atoms with Gasteiger partial charge in [-0.1, -0.05) is 30.3 Å². The van der Waals surface area contributed by atoms with Crippen molar-refractivity contribution in [2.45, 2.75) is 6.04 Å². The first-order valence-corrected chi connectivity index (χ1v) is 9.13. The number of benzene rings is 2. The highest BCUT2D eigenvalue weighted by molar-refractivity contribution is 7.84. The zero-order valence-electron chi connectivity index (χ0n) is 13.7. The molecule has 0 aromatic heterocycles. The molecule has 2 aromatic rings. The second-order valence-electron chi connectivity index (χ2n) is 5.62. The molecule has 0 heterocycles. The molecule has 0 bridgehead atoms. The smallest absolute Gasteiger partial charge is 0.251 e. The summed E-state index contributed by atoms with van der Waals surface area (Å²) in [7, 11) is 2.91. The minimum absolute atomic E-state index is 0.158. The summed E-state index contributed by atoms with van der Waals surface area (Å²) in [4.78, 5) is 14.4. The summed E-state index contributed by atoms with van der Waals surface area (Å²) in [6, 6.07) is 16.8. The summed E-state index contributed by atoms with van der Waals surface area (Å²) < 4.78 is 11.6. The maximum absolute atomic E-state index is 12.5. The number of carbonyl (C=O) groups excluding carboxylic acids is 1. The van der Waals surface area contributed by atoms with Crippen LogP contribution in [0, 0.1) is 0 Å². The van der Waals surface area contributed by atoms with Crippen LogP contribution in [0.2, 0.25) is 0 Å². The van der Waals surface area contributed by atoms with Gasteiger partial charge in [-0.15, -0.1) is 0 Å². The predicted octanol–water partition coefficient (Wildman–Crippen LogP) is 2.60. The second kappa shape index (κ2) is 7.92. The summed E-state index contributed by atoms with van der Waals surface area (Å²) in [6.45, 7) is 0. The quantitative estimate of drug-likeness (QED) is 0.886. The molecule has 4 nitrogen and oxygen atoms in total. The van der Waals surface area contributed by atoms with Gasteiger partial charge < -0.3 is 10.2 Å². The van der Waals surface area contributed by atoms with Gasteiger partial charge in [0, 0.05) is 48.2 Å². The van der Waals surface area contributed by atoms with Gasteiger partial charge in [0.1, 0.15) is 0 Å². The molecule has 2 aromatic carbocycles. The number of hydrogen-bond donors (Lipinski definition) is 1. The van der Waals surface area contributed by atoms with E-state index in [1.165, 1.54) is 0 Å². The molecular formula is C18H22N2O2S. The summed E-state index contributed by atoms with van der Waals surface area (Å²) in [5.41, 5.74) is 2.59. The normalized spacial score (nSPS) is 13.2. The van der Waals surface area contributed by atoms with Crippen LogP contribution in [0.4, 0.5) is 5.69 Å². The van der Waals surface area contributed by atoms with E-state index in [1.807, 2.05) is 61.5 Å². The van der Waals surface area contributed by atoms with Gasteiger partial charge in [0.15, 0.2) is 0 Å². The molecule has 2 rings (SSSR count). The molecule has 0 saturated carbocycles. The Balaban J connectivity index is 2.15. The fourth-order valence-corrected chi connectivity index (χ4v) is 3.04. The van der Waals surface area contributed by atoms with Crippen LogP contribution in [0.25, 0.3) is 0 Å². The zero-order chi connectivity index (χ0) is 16.8. The van der Waals surface area contributed by atoms with Crippen LogP contribution >= 0.6 is 0 Å². The first kappa shape index (κ1) is 17.2. The molecule has 1 amide bonds. The summed E-state index contributed by atoms with van der Waals surface area (Å²) in [5.74, 6) is 0.237. The Morgan fingerprint density at radius 2 is 1.70 bits per heavy atom. The Hall–Kier alpha value is -2.14. The molecule has 0 fully saturated rings. The van der Waals surface area contributed by atoms with Gasteiger partial charge in [-0.2, -0.15) is 0 Å². The maximum Gasteiger partial charge on any atom is 0.251 e. The first-order chi connectivity index (χ1) is 11.0. The Morgan fingerprint density at radius 3 is 2.22 bits per heavy atom. The van der Waals surface area contributed by atoms with Crippen molar-refractivity contribution in [3.05, 3.63) is 65.7 Å². The number of nitrogens with zero attached hydrogens (tertiary/aromatic N) is 1. The molecule has 0 aliphatic heterocycles. The van der Waals surface area contributed by atoms with Gasteiger partial charge in [0.05, 0.1) is 6.04 Å². The van der Waals surface area contributed by atoms with Crippen molar-refractivity contribution in [2.24, 2.45) is 0 Å². The van der Waals surface area contributed by atoms with Crippen molar-refractivity contribution >= 4 is 22.4 Å². The minimum atomic E-state index is -1.00. The van der Waals surface area contributed by atoms with E-state index in [0.717, 1.165) is 11.3 Å². The lowest BCUT2D eigenvalue weighted by atomic mass is 10.1. The molecule has 0 radical (unpaired) electrons. The third-order valence-corrected chi connectivity index (χ3v) is 4.36. The van der Waals surface area contributed by atoms with Gasteiger partial charge in [-0.25, -0.2) is 0 Å². The lowest BCUT2D eigenvalue weighted by molar-refractivity contribution is 0.0940. The Bertz CT molecular complexity index is 669. The van der Waals surface area contributed by atoms with Crippen molar-refractivity contribution in [2.75, 3.05) is 31.0 Å². The van der Waals surface area contributed by atoms with Crippen LogP contribution in [-0.2, 0) is 10.8 Å². The van der Waals surface area contributed by atoms with E-state index in [0.29, 0.717) is 11.3 Å². The van der Waals surface area contributed by atoms with Crippen LogP contribution in [0.5, 0.6) is 0 Å². The number of anilines is 1. The number of nitrogens with one attached hydrogen (secondary N) is 1.